The molecule has 1 rings (SSSR count). The van der Waals surface area contributed by atoms with Gasteiger partial charge in [0.25, 0.3) is 0 Å². The zero-order valence-corrected chi connectivity index (χ0v) is 37.7. The summed E-state index contributed by atoms with van der Waals surface area (Å²) in [5, 5.41) is 65.1. The molecule has 8 atom stereocenters. The fourth-order valence-electron chi connectivity index (χ4n) is 8.26. The molecule has 0 aromatic heterocycles. The lowest BCUT2D eigenvalue weighted by Crippen LogP contribution is -2.60. The minimum atomic E-state index is -1.60. The molecule has 0 aliphatic carbocycles. The van der Waals surface area contributed by atoms with Crippen LogP contribution in [-0.4, -0.2) is 98.7 Å². The molecule has 1 aliphatic rings. The zero-order valence-electron chi connectivity index (χ0n) is 37.7. The summed E-state index contributed by atoms with van der Waals surface area (Å²) in [6.45, 7) is 3.61. The number of hydrogen-bond donors (Lipinski definition) is 7. The number of ether oxygens (including phenoxy) is 2. The first kappa shape index (κ1) is 55.2. The molecular weight excluding hydrogens is 735 g/mol. The SMILES string of the molecule is CCCCCCCCCCCCCCCCCCCCCCCCCC(=O)N[C@@H](CO[C@@H]1O[C@H](CO)[C@@H](O)C(O)C1O)[C@H](O)[C@H](O)CCCCCCCCCCCC. The van der Waals surface area contributed by atoms with Gasteiger partial charge in [-0.05, 0) is 12.8 Å². The van der Waals surface area contributed by atoms with Crippen molar-refractivity contribution < 1.29 is 44.9 Å². The number of carbonyl (C=O) groups excluding carboxylic acids is 1. The Balaban J connectivity index is 2.26. The third kappa shape index (κ3) is 28.6. The van der Waals surface area contributed by atoms with E-state index in [1.54, 1.807) is 0 Å². The fourth-order valence-corrected chi connectivity index (χ4v) is 8.26. The number of amides is 1. The molecule has 1 saturated heterocycles. The normalized spacial score (nSPS) is 21.3. The Morgan fingerprint density at radius 3 is 1.28 bits per heavy atom. The van der Waals surface area contributed by atoms with Gasteiger partial charge in [-0.15, -0.1) is 0 Å². The van der Waals surface area contributed by atoms with Gasteiger partial charge >= 0.3 is 0 Å². The number of carbonyl (C=O) groups is 1. The smallest absolute Gasteiger partial charge is 0.220 e. The molecule has 2 unspecified atom stereocenters. The van der Waals surface area contributed by atoms with Crippen LogP contribution in [-0.2, 0) is 14.3 Å². The molecule has 0 aromatic rings. The van der Waals surface area contributed by atoms with Crippen LogP contribution >= 0.6 is 0 Å². The molecule has 0 aromatic carbocycles. The summed E-state index contributed by atoms with van der Waals surface area (Å²) in [7, 11) is 0. The van der Waals surface area contributed by atoms with E-state index in [0.29, 0.717) is 6.42 Å². The third-order valence-electron chi connectivity index (χ3n) is 12.3. The molecule has 1 amide bonds. The highest BCUT2D eigenvalue weighted by Gasteiger charge is 2.44. The minimum Gasteiger partial charge on any atom is -0.394 e. The van der Waals surface area contributed by atoms with Crippen LogP contribution < -0.4 is 5.32 Å². The van der Waals surface area contributed by atoms with Crippen molar-refractivity contribution in [2.75, 3.05) is 13.2 Å². The summed E-state index contributed by atoms with van der Waals surface area (Å²) in [4.78, 5) is 13.0. The molecule has 58 heavy (non-hydrogen) atoms. The Morgan fingerprint density at radius 2 is 0.897 bits per heavy atom. The highest BCUT2D eigenvalue weighted by Crippen LogP contribution is 2.23. The number of unbranched alkanes of at least 4 members (excludes halogenated alkanes) is 31. The second-order valence-corrected chi connectivity index (χ2v) is 17.8. The van der Waals surface area contributed by atoms with E-state index >= 15 is 0 Å². The number of aliphatic hydroxyl groups excluding tert-OH is 6. The Kier molecular flexibility index (Phi) is 37.1. The summed E-state index contributed by atoms with van der Waals surface area (Å²) in [5.74, 6) is -0.254. The second-order valence-electron chi connectivity index (χ2n) is 17.8. The standard InChI is InChI=1S/C48H95NO9/c1-3-5-7-9-11-13-15-16-17-18-19-20-21-22-23-24-25-26-27-29-31-33-35-37-43(52)49-40(39-57-48-47(56)46(55)45(54)42(38-50)58-48)44(53)41(51)36-34-32-30-28-14-12-10-8-6-4-2/h40-42,44-48,50-51,53-56H,3-39H2,1-2H3,(H,49,52)/t40-,41+,42+,44-,45+,46?,47?,48+/m0/s1. The van der Waals surface area contributed by atoms with E-state index in [-0.39, 0.29) is 18.9 Å². The van der Waals surface area contributed by atoms with Crippen molar-refractivity contribution in [3.63, 3.8) is 0 Å². The van der Waals surface area contributed by atoms with Crippen molar-refractivity contribution in [2.45, 2.75) is 288 Å². The molecule has 0 saturated carbocycles. The van der Waals surface area contributed by atoms with Crippen LogP contribution in [0.2, 0.25) is 0 Å². The second kappa shape index (κ2) is 39.0. The van der Waals surface area contributed by atoms with Crippen molar-refractivity contribution in [2.24, 2.45) is 0 Å². The average molecular weight is 830 g/mol. The highest BCUT2D eigenvalue weighted by atomic mass is 16.7. The van der Waals surface area contributed by atoms with Gasteiger partial charge in [0, 0.05) is 6.42 Å². The summed E-state index contributed by atoms with van der Waals surface area (Å²) in [5.41, 5.74) is 0. The van der Waals surface area contributed by atoms with Crippen LogP contribution in [0.3, 0.4) is 0 Å². The summed E-state index contributed by atoms with van der Waals surface area (Å²) in [6.07, 6.45) is 32.7. The predicted octanol–water partition coefficient (Wildman–Crippen LogP) is 9.70. The number of rotatable bonds is 42. The minimum absolute atomic E-state index is 0.254. The van der Waals surface area contributed by atoms with Crippen LogP contribution in [0.5, 0.6) is 0 Å². The van der Waals surface area contributed by atoms with Crippen LogP contribution in [0.15, 0.2) is 0 Å². The van der Waals surface area contributed by atoms with E-state index < -0.39 is 55.6 Å². The molecule has 1 heterocycles. The lowest BCUT2D eigenvalue weighted by Gasteiger charge is -2.40. The van der Waals surface area contributed by atoms with E-state index in [2.05, 4.69) is 19.2 Å². The van der Waals surface area contributed by atoms with Gasteiger partial charge in [0.2, 0.25) is 5.91 Å². The van der Waals surface area contributed by atoms with Gasteiger partial charge in [-0.2, -0.15) is 0 Å². The fraction of sp³-hybridized carbons (Fsp3) is 0.979. The summed E-state index contributed by atoms with van der Waals surface area (Å²) in [6, 6.07) is -0.984. The number of nitrogens with one attached hydrogen (secondary N) is 1. The first-order valence-corrected chi connectivity index (χ1v) is 24.8. The van der Waals surface area contributed by atoms with E-state index in [1.807, 2.05) is 0 Å². The van der Waals surface area contributed by atoms with Gasteiger partial charge in [-0.25, -0.2) is 0 Å². The van der Waals surface area contributed by atoms with E-state index in [0.717, 1.165) is 44.9 Å². The Labute approximate surface area is 356 Å². The lowest BCUT2D eigenvalue weighted by molar-refractivity contribution is -0.303. The van der Waals surface area contributed by atoms with Gasteiger partial charge in [-0.3, -0.25) is 4.79 Å². The van der Waals surface area contributed by atoms with Crippen molar-refractivity contribution in [3.05, 3.63) is 0 Å². The zero-order chi connectivity index (χ0) is 42.5. The van der Waals surface area contributed by atoms with Gasteiger partial charge in [-0.1, -0.05) is 219 Å². The van der Waals surface area contributed by atoms with Crippen molar-refractivity contribution in [1.82, 2.24) is 5.32 Å². The Morgan fingerprint density at radius 1 is 0.534 bits per heavy atom. The van der Waals surface area contributed by atoms with Gasteiger partial charge in [0.1, 0.15) is 30.5 Å². The average Bonchev–Trinajstić information content (AvgIpc) is 3.22. The van der Waals surface area contributed by atoms with E-state index in [9.17, 15) is 35.4 Å². The summed E-state index contributed by atoms with van der Waals surface area (Å²) >= 11 is 0. The topological polar surface area (TPSA) is 169 Å². The van der Waals surface area contributed by atoms with E-state index in [1.165, 1.54) is 167 Å². The van der Waals surface area contributed by atoms with Crippen LogP contribution in [0, 0.1) is 0 Å². The quantitative estimate of drug-likeness (QED) is 0.0296. The molecule has 1 aliphatic heterocycles. The van der Waals surface area contributed by atoms with Crippen molar-refractivity contribution >= 4 is 5.91 Å². The number of aliphatic hydroxyl groups is 6. The molecule has 0 spiro atoms. The van der Waals surface area contributed by atoms with Crippen molar-refractivity contribution in [3.8, 4) is 0 Å². The lowest BCUT2D eigenvalue weighted by atomic mass is 9.98. The Bertz CT molecular complexity index is 895. The molecule has 0 radical (unpaired) electrons. The van der Waals surface area contributed by atoms with Gasteiger partial charge in [0.15, 0.2) is 6.29 Å². The van der Waals surface area contributed by atoms with Crippen molar-refractivity contribution in [1.29, 1.82) is 0 Å². The highest BCUT2D eigenvalue weighted by molar-refractivity contribution is 5.76. The van der Waals surface area contributed by atoms with Gasteiger partial charge in [0.05, 0.1) is 25.4 Å². The maximum Gasteiger partial charge on any atom is 0.220 e. The monoisotopic (exact) mass is 830 g/mol. The third-order valence-corrected chi connectivity index (χ3v) is 12.3. The van der Waals surface area contributed by atoms with E-state index in [4.69, 9.17) is 9.47 Å². The van der Waals surface area contributed by atoms with Crippen LogP contribution in [0.1, 0.15) is 239 Å². The molecule has 7 N–H and O–H groups in total. The maximum absolute atomic E-state index is 13.0. The largest absolute Gasteiger partial charge is 0.394 e. The molecule has 1 fully saturated rings. The first-order valence-electron chi connectivity index (χ1n) is 24.8. The van der Waals surface area contributed by atoms with Crippen LogP contribution in [0.4, 0.5) is 0 Å². The first-order chi connectivity index (χ1) is 28.3. The molecule has 10 nitrogen and oxygen atoms in total. The van der Waals surface area contributed by atoms with Crippen LogP contribution in [0.25, 0.3) is 0 Å². The molecule has 10 heteroatoms. The number of hydrogen-bond acceptors (Lipinski definition) is 9. The predicted molar refractivity (Wildman–Crippen MR) is 237 cm³/mol. The Hall–Kier alpha value is -0.850. The van der Waals surface area contributed by atoms with Gasteiger partial charge < -0.3 is 45.4 Å². The molecule has 0 bridgehead atoms. The maximum atomic E-state index is 13.0. The summed E-state index contributed by atoms with van der Waals surface area (Å²) < 4.78 is 11.2. The molecule has 346 valence electrons. The molecular formula is C48H95NO9.